The first kappa shape index (κ1) is 10.7. The lowest BCUT2D eigenvalue weighted by Gasteiger charge is -2.07. The van der Waals surface area contributed by atoms with Crippen LogP contribution in [0.3, 0.4) is 0 Å². The quantitative estimate of drug-likeness (QED) is 0.837. The van der Waals surface area contributed by atoms with Crippen LogP contribution in [0.15, 0.2) is 36.7 Å². The molecule has 0 radical (unpaired) electrons. The maximum absolute atomic E-state index is 12.4. The van der Waals surface area contributed by atoms with Crippen molar-refractivity contribution in [1.82, 2.24) is 10.2 Å². The smallest absolute Gasteiger partial charge is 0.285 e. The molecule has 0 fully saturated rings. The highest BCUT2D eigenvalue weighted by Gasteiger charge is 2.30. The molecular weight excluding hydrogens is 217 g/mol. The molecule has 16 heavy (non-hydrogen) atoms. The second kappa shape index (κ2) is 4.00. The van der Waals surface area contributed by atoms with Gasteiger partial charge in [0.15, 0.2) is 0 Å². The molecule has 0 unspecified atom stereocenters. The summed E-state index contributed by atoms with van der Waals surface area (Å²) < 4.78 is 37.3. The van der Waals surface area contributed by atoms with Gasteiger partial charge in [-0.3, -0.25) is 5.10 Å². The van der Waals surface area contributed by atoms with Crippen molar-refractivity contribution in [2.45, 2.75) is 12.6 Å². The van der Waals surface area contributed by atoms with Crippen LogP contribution in [0.25, 0.3) is 0 Å². The average Bonchev–Trinajstić information content (AvgIpc) is 2.70. The van der Waals surface area contributed by atoms with Gasteiger partial charge in [-0.1, -0.05) is 18.2 Å². The zero-order valence-electron chi connectivity index (χ0n) is 8.25. The van der Waals surface area contributed by atoms with Crippen molar-refractivity contribution in [2.24, 2.45) is 0 Å². The molecule has 2 rings (SSSR count). The van der Waals surface area contributed by atoms with Crippen LogP contribution in [-0.4, -0.2) is 10.2 Å². The van der Waals surface area contributed by atoms with E-state index in [1.165, 1.54) is 6.07 Å². The van der Waals surface area contributed by atoms with Gasteiger partial charge >= 0.3 is 6.18 Å². The molecule has 1 N–H and O–H groups in total. The van der Waals surface area contributed by atoms with Crippen molar-refractivity contribution >= 4 is 0 Å². The zero-order chi connectivity index (χ0) is 11.6. The molecular formula is C11H9F3N2. The second-order valence-corrected chi connectivity index (χ2v) is 3.48. The minimum absolute atomic E-state index is 0.445. The van der Waals surface area contributed by atoms with Gasteiger partial charge in [-0.15, -0.1) is 0 Å². The van der Waals surface area contributed by atoms with Crippen LogP contribution >= 0.6 is 0 Å². The van der Waals surface area contributed by atoms with E-state index in [0.29, 0.717) is 12.0 Å². The summed E-state index contributed by atoms with van der Waals surface area (Å²) in [6, 6.07) is 5.31. The number of aromatic nitrogens is 2. The fraction of sp³-hybridized carbons (Fsp3) is 0.182. The molecule has 2 aromatic rings. The van der Waals surface area contributed by atoms with E-state index in [9.17, 15) is 13.2 Å². The number of hydrogen-bond donors (Lipinski definition) is 1. The molecule has 5 heteroatoms. The summed E-state index contributed by atoms with van der Waals surface area (Å²) in [6.45, 7) is 0. The van der Waals surface area contributed by atoms with Gasteiger partial charge in [-0.25, -0.2) is 0 Å². The Balaban J connectivity index is 2.23. The molecule has 0 saturated heterocycles. The molecule has 1 aromatic carbocycles. The lowest BCUT2D eigenvalue weighted by molar-refractivity contribution is -0.137. The minimum atomic E-state index is -4.29. The Morgan fingerprint density at radius 2 is 2.00 bits per heavy atom. The lowest BCUT2D eigenvalue weighted by atomic mass is 10.1. The Hall–Kier alpha value is -1.78. The van der Waals surface area contributed by atoms with E-state index in [2.05, 4.69) is 10.2 Å². The lowest BCUT2D eigenvalue weighted by Crippen LogP contribution is -2.05. The van der Waals surface area contributed by atoms with Crippen LogP contribution in [-0.2, 0) is 12.6 Å². The Bertz CT molecular complexity index is 460. The summed E-state index contributed by atoms with van der Waals surface area (Å²) >= 11 is 0. The van der Waals surface area contributed by atoms with Gasteiger partial charge in [0, 0.05) is 12.6 Å². The van der Waals surface area contributed by atoms with E-state index in [1.54, 1.807) is 18.5 Å². The van der Waals surface area contributed by atoms with E-state index in [1.807, 2.05) is 0 Å². The van der Waals surface area contributed by atoms with Gasteiger partial charge in [0.25, 0.3) is 0 Å². The number of benzene rings is 1. The molecule has 2 nitrogen and oxygen atoms in total. The van der Waals surface area contributed by atoms with Crippen LogP contribution < -0.4 is 0 Å². The number of halogens is 3. The molecule has 0 aliphatic carbocycles. The molecule has 1 heterocycles. The highest BCUT2D eigenvalue weighted by Crippen LogP contribution is 2.29. The van der Waals surface area contributed by atoms with E-state index >= 15 is 0 Å². The van der Waals surface area contributed by atoms with Crippen molar-refractivity contribution in [3.63, 3.8) is 0 Å². The van der Waals surface area contributed by atoms with E-state index in [0.717, 1.165) is 17.7 Å². The Morgan fingerprint density at radius 3 is 2.62 bits per heavy atom. The monoisotopic (exact) mass is 226 g/mol. The van der Waals surface area contributed by atoms with Crippen LogP contribution in [0, 0.1) is 0 Å². The number of H-pyrrole nitrogens is 1. The molecule has 1 aromatic heterocycles. The summed E-state index contributed by atoms with van der Waals surface area (Å²) in [5.74, 6) is 0. The number of rotatable bonds is 2. The first-order valence-corrected chi connectivity index (χ1v) is 4.69. The van der Waals surface area contributed by atoms with E-state index < -0.39 is 11.7 Å². The van der Waals surface area contributed by atoms with Crippen molar-refractivity contribution < 1.29 is 13.2 Å². The fourth-order valence-corrected chi connectivity index (χ4v) is 1.47. The second-order valence-electron chi connectivity index (χ2n) is 3.48. The summed E-state index contributed by atoms with van der Waals surface area (Å²) in [6.07, 6.45) is -0.576. The molecule has 0 saturated carbocycles. The maximum atomic E-state index is 12.4. The largest absolute Gasteiger partial charge is 0.416 e. The molecule has 0 aliphatic rings. The van der Waals surface area contributed by atoms with Gasteiger partial charge in [0.1, 0.15) is 0 Å². The first-order chi connectivity index (χ1) is 7.55. The molecule has 84 valence electrons. The maximum Gasteiger partial charge on any atom is 0.416 e. The minimum Gasteiger partial charge on any atom is -0.285 e. The summed E-state index contributed by atoms with van der Waals surface area (Å²) in [4.78, 5) is 0. The van der Waals surface area contributed by atoms with Crippen LogP contribution in [0.1, 0.15) is 16.7 Å². The number of aromatic amines is 1. The predicted molar refractivity (Wildman–Crippen MR) is 52.8 cm³/mol. The number of nitrogens with zero attached hydrogens (tertiary/aromatic N) is 1. The van der Waals surface area contributed by atoms with Crippen LogP contribution in [0.2, 0.25) is 0 Å². The van der Waals surface area contributed by atoms with E-state index in [-0.39, 0.29) is 0 Å². The Kier molecular flexibility index (Phi) is 2.68. The van der Waals surface area contributed by atoms with Crippen LogP contribution in [0.5, 0.6) is 0 Å². The summed E-state index contributed by atoms with van der Waals surface area (Å²) in [7, 11) is 0. The summed E-state index contributed by atoms with van der Waals surface area (Å²) in [5.41, 5.74) is 0.865. The van der Waals surface area contributed by atoms with Gasteiger partial charge in [0.2, 0.25) is 0 Å². The Morgan fingerprint density at radius 1 is 1.19 bits per heavy atom. The topological polar surface area (TPSA) is 28.7 Å². The third-order valence-electron chi connectivity index (χ3n) is 2.22. The number of alkyl halides is 3. The molecule has 0 spiro atoms. The van der Waals surface area contributed by atoms with Gasteiger partial charge < -0.3 is 0 Å². The molecule has 0 amide bonds. The molecule has 0 bridgehead atoms. The Labute approximate surface area is 90.1 Å². The molecule has 0 aliphatic heterocycles. The van der Waals surface area contributed by atoms with Crippen molar-refractivity contribution in [3.05, 3.63) is 53.3 Å². The van der Waals surface area contributed by atoms with Crippen molar-refractivity contribution in [3.8, 4) is 0 Å². The predicted octanol–water partition coefficient (Wildman–Crippen LogP) is 3.02. The van der Waals surface area contributed by atoms with Gasteiger partial charge in [-0.2, -0.15) is 18.3 Å². The van der Waals surface area contributed by atoms with Gasteiger partial charge in [0.05, 0.1) is 11.8 Å². The van der Waals surface area contributed by atoms with Gasteiger partial charge in [-0.05, 0) is 17.2 Å². The fourth-order valence-electron chi connectivity index (χ4n) is 1.47. The third-order valence-corrected chi connectivity index (χ3v) is 2.22. The average molecular weight is 226 g/mol. The third kappa shape index (κ3) is 2.42. The van der Waals surface area contributed by atoms with Crippen LogP contribution in [0.4, 0.5) is 13.2 Å². The standard InChI is InChI=1S/C11H9F3N2/c12-11(13,14)10-3-1-2-8(5-10)4-9-6-15-16-7-9/h1-3,5-7H,4H2,(H,15,16). The molecule has 0 atom stereocenters. The number of nitrogens with one attached hydrogen (secondary N) is 1. The summed E-state index contributed by atoms with van der Waals surface area (Å²) in [5, 5.41) is 6.36. The zero-order valence-corrected chi connectivity index (χ0v) is 8.25. The number of hydrogen-bond acceptors (Lipinski definition) is 1. The van der Waals surface area contributed by atoms with Crippen molar-refractivity contribution in [1.29, 1.82) is 0 Å². The first-order valence-electron chi connectivity index (χ1n) is 4.69. The highest BCUT2D eigenvalue weighted by atomic mass is 19.4. The van der Waals surface area contributed by atoms with E-state index in [4.69, 9.17) is 0 Å². The van der Waals surface area contributed by atoms with Crippen molar-refractivity contribution in [2.75, 3.05) is 0 Å². The normalized spacial score (nSPS) is 11.7. The SMILES string of the molecule is FC(F)(F)c1cccc(Cc2cn[nH]c2)c1. The highest BCUT2D eigenvalue weighted by molar-refractivity contribution is 5.29.